The molecule has 102 valence electrons. The molecular weight excluding hydrogens is 258 g/mol. The fourth-order valence-corrected chi connectivity index (χ4v) is 2.19. The minimum Gasteiger partial charge on any atom is -0.508 e. The summed E-state index contributed by atoms with van der Waals surface area (Å²) in [6, 6.07) is 5.36. The zero-order chi connectivity index (χ0) is 13.7. The molecule has 0 saturated heterocycles. The number of nitrogens with one attached hydrogen (secondary N) is 3. The molecule has 2 rings (SSSR count). The Morgan fingerprint density at radius 2 is 2.11 bits per heavy atom. The predicted octanol–water partition coefficient (Wildman–Crippen LogP) is 2.29. The van der Waals surface area contributed by atoms with E-state index in [0.717, 1.165) is 36.8 Å². The SMILES string of the molecule is CCCNC(=S)NCCc1c[nH]c2ccc(O)cc12. The number of hydrogen-bond acceptors (Lipinski definition) is 2. The summed E-state index contributed by atoms with van der Waals surface area (Å²) in [6.45, 7) is 3.78. The summed E-state index contributed by atoms with van der Waals surface area (Å²) in [5, 5.41) is 17.6. The smallest absolute Gasteiger partial charge is 0.166 e. The van der Waals surface area contributed by atoms with Crippen molar-refractivity contribution in [1.29, 1.82) is 0 Å². The zero-order valence-electron chi connectivity index (χ0n) is 11.0. The molecule has 19 heavy (non-hydrogen) atoms. The fraction of sp³-hybridized carbons (Fsp3) is 0.357. The molecule has 0 aliphatic carbocycles. The highest BCUT2D eigenvalue weighted by molar-refractivity contribution is 7.80. The highest BCUT2D eigenvalue weighted by Crippen LogP contribution is 2.22. The summed E-state index contributed by atoms with van der Waals surface area (Å²) in [7, 11) is 0. The number of rotatable bonds is 5. The summed E-state index contributed by atoms with van der Waals surface area (Å²) in [5.74, 6) is 0.293. The van der Waals surface area contributed by atoms with Crippen LogP contribution in [0, 0.1) is 0 Å². The first-order chi connectivity index (χ1) is 9.20. The van der Waals surface area contributed by atoms with Crippen molar-refractivity contribution in [2.75, 3.05) is 13.1 Å². The van der Waals surface area contributed by atoms with Crippen molar-refractivity contribution in [2.45, 2.75) is 19.8 Å². The number of aromatic amines is 1. The van der Waals surface area contributed by atoms with E-state index in [4.69, 9.17) is 12.2 Å². The van der Waals surface area contributed by atoms with Gasteiger partial charge in [-0.3, -0.25) is 0 Å². The maximum Gasteiger partial charge on any atom is 0.166 e. The molecule has 0 atom stereocenters. The van der Waals surface area contributed by atoms with Crippen LogP contribution in [0.1, 0.15) is 18.9 Å². The van der Waals surface area contributed by atoms with Crippen LogP contribution in [0.25, 0.3) is 10.9 Å². The fourth-order valence-electron chi connectivity index (χ4n) is 1.98. The van der Waals surface area contributed by atoms with E-state index in [1.165, 1.54) is 5.56 Å². The Kier molecular flexibility index (Phi) is 4.63. The van der Waals surface area contributed by atoms with Crippen molar-refractivity contribution in [3.05, 3.63) is 30.0 Å². The summed E-state index contributed by atoms with van der Waals surface area (Å²) < 4.78 is 0. The van der Waals surface area contributed by atoms with Crippen LogP contribution in [0.15, 0.2) is 24.4 Å². The van der Waals surface area contributed by atoms with E-state index in [-0.39, 0.29) is 0 Å². The third-order valence-corrected chi connectivity index (χ3v) is 3.26. The van der Waals surface area contributed by atoms with Crippen molar-refractivity contribution in [3.8, 4) is 5.75 Å². The highest BCUT2D eigenvalue weighted by atomic mass is 32.1. The number of hydrogen-bond donors (Lipinski definition) is 4. The lowest BCUT2D eigenvalue weighted by Crippen LogP contribution is -2.36. The molecule has 1 heterocycles. The average Bonchev–Trinajstić information content (AvgIpc) is 2.79. The quantitative estimate of drug-likeness (QED) is 0.633. The second-order valence-corrected chi connectivity index (χ2v) is 4.88. The molecular formula is C14H19N3OS. The van der Waals surface area contributed by atoms with E-state index in [0.29, 0.717) is 10.9 Å². The molecule has 0 saturated carbocycles. The van der Waals surface area contributed by atoms with Gasteiger partial charge in [-0.25, -0.2) is 0 Å². The van der Waals surface area contributed by atoms with Crippen LogP contribution in [0.3, 0.4) is 0 Å². The van der Waals surface area contributed by atoms with E-state index >= 15 is 0 Å². The van der Waals surface area contributed by atoms with E-state index in [1.807, 2.05) is 12.3 Å². The van der Waals surface area contributed by atoms with Gasteiger partial charge in [-0.15, -0.1) is 0 Å². The Morgan fingerprint density at radius 3 is 2.89 bits per heavy atom. The third kappa shape index (κ3) is 3.61. The van der Waals surface area contributed by atoms with Gasteiger partial charge in [-0.05, 0) is 48.8 Å². The molecule has 4 nitrogen and oxygen atoms in total. The van der Waals surface area contributed by atoms with Crippen molar-refractivity contribution < 1.29 is 5.11 Å². The van der Waals surface area contributed by atoms with Gasteiger partial charge in [0, 0.05) is 30.2 Å². The standard InChI is InChI=1S/C14H19N3OS/c1-2-6-15-14(19)16-7-5-10-9-17-13-4-3-11(18)8-12(10)13/h3-4,8-9,17-18H,2,5-7H2,1H3,(H2,15,16,19). The van der Waals surface area contributed by atoms with Crippen LogP contribution in [-0.4, -0.2) is 28.3 Å². The Labute approximate surface area is 118 Å². The summed E-state index contributed by atoms with van der Waals surface area (Å²) >= 11 is 5.16. The lowest BCUT2D eigenvalue weighted by molar-refractivity contribution is 0.476. The van der Waals surface area contributed by atoms with Crippen LogP contribution in [0.4, 0.5) is 0 Å². The molecule has 0 amide bonds. The molecule has 4 N–H and O–H groups in total. The molecule has 1 aromatic carbocycles. The van der Waals surface area contributed by atoms with Gasteiger partial charge in [0.25, 0.3) is 0 Å². The number of benzene rings is 1. The van der Waals surface area contributed by atoms with E-state index in [9.17, 15) is 5.11 Å². The zero-order valence-corrected chi connectivity index (χ0v) is 11.8. The molecule has 0 spiro atoms. The first-order valence-corrected chi connectivity index (χ1v) is 6.92. The molecule has 0 aliphatic rings. The van der Waals surface area contributed by atoms with Gasteiger partial charge in [0.2, 0.25) is 0 Å². The third-order valence-electron chi connectivity index (χ3n) is 2.97. The van der Waals surface area contributed by atoms with Crippen molar-refractivity contribution in [1.82, 2.24) is 15.6 Å². The van der Waals surface area contributed by atoms with Crippen LogP contribution in [0.2, 0.25) is 0 Å². The molecule has 0 aliphatic heterocycles. The van der Waals surface area contributed by atoms with Crippen molar-refractivity contribution >= 4 is 28.2 Å². The molecule has 5 heteroatoms. The lowest BCUT2D eigenvalue weighted by atomic mass is 10.1. The lowest BCUT2D eigenvalue weighted by Gasteiger charge is -2.09. The normalized spacial score (nSPS) is 10.6. The van der Waals surface area contributed by atoms with Gasteiger partial charge in [0.05, 0.1) is 0 Å². The highest BCUT2D eigenvalue weighted by Gasteiger charge is 2.04. The second-order valence-electron chi connectivity index (χ2n) is 4.48. The topological polar surface area (TPSA) is 60.1 Å². The van der Waals surface area contributed by atoms with Gasteiger partial charge >= 0.3 is 0 Å². The van der Waals surface area contributed by atoms with Crippen LogP contribution < -0.4 is 10.6 Å². The molecule has 1 aromatic heterocycles. The van der Waals surface area contributed by atoms with Crippen molar-refractivity contribution in [2.24, 2.45) is 0 Å². The maximum absolute atomic E-state index is 9.52. The number of H-pyrrole nitrogens is 1. The summed E-state index contributed by atoms with van der Waals surface area (Å²) in [6.07, 6.45) is 3.90. The van der Waals surface area contributed by atoms with Crippen LogP contribution in [-0.2, 0) is 6.42 Å². The largest absolute Gasteiger partial charge is 0.508 e. The number of aromatic nitrogens is 1. The molecule has 0 unspecified atom stereocenters. The van der Waals surface area contributed by atoms with Gasteiger partial charge in [-0.2, -0.15) is 0 Å². The molecule has 0 radical (unpaired) electrons. The monoisotopic (exact) mass is 277 g/mol. The number of aromatic hydroxyl groups is 1. The minimum atomic E-state index is 0.293. The van der Waals surface area contributed by atoms with E-state index in [1.54, 1.807) is 12.1 Å². The number of fused-ring (bicyclic) bond motifs is 1. The first-order valence-electron chi connectivity index (χ1n) is 6.51. The van der Waals surface area contributed by atoms with Crippen LogP contribution in [0.5, 0.6) is 5.75 Å². The van der Waals surface area contributed by atoms with Gasteiger partial charge in [0.1, 0.15) is 5.75 Å². The van der Waals surface area contributed by atoms with Crippen LogP contribution >= 0.6 is 12.2 Å². The van der Waals surface area contributed by atoms with E-state index in [2.05, 4.69) is 22.5 Å². The first kappa shape index (κ1) is 13.7. The number of thiocarbonyl (C=S) groups is 1. The summed E-state index contributed by atoms with van der Waals surface area (Å²) in [5.41, 5.74) is 2.22. The number of phenols is 1. The minimum absolute atomic E-state index is 0.293. The predicted molar refractivity (Wildman–Crippen MR) is 82.6 cm³/mol. The molecule has 0 fully saturated rings. The Balaban J connectivity index is 1.91. The molecule has 0 bridgehead atoms. The molecule has 2 aromatic rings. The maximum atomic E-state index is 9.52. The van der Waals surface area contributed by atoms with Crippen molar-refractivity contribution in [3.63, 3.8) is 0 Å². The Bertz CT molecular complexity index is 565. The van der Waals surface area contributed by atoms with Gasteiger partial charge in [0.15, 0.2) is 5.11 Å². The second kappa shape index (κ2) is 6.43. The summed E-state index contributed by atoms with van der Waals surface area (Å²) in [4.78, 5) is 3.20. The van der Waals surface area contributed by atoms with Gasteiger partial charge in [-0.1, -0.05) is 6.92 Å². The van der Waals surface area contributed by atoms with E-state index < -0.39 is 0 Å². The van der Waals surface area contributed by atoms with Gasteiger partial charge < -0.3 is 20.7 Å². The number of phenolic OH excluding ortho intramolecular Hbond substituents is 1. The Hall–Kier alpha value is -1.75. The average molecular weight is 277 g/mol. The Morgan fingerprint density at radius 1 is 1.32 bits per heavy atom.